The molecule has 13 heavy (non-hydrogen) atoms. The number of hydrogen-bond acceptors (Lipinski definition) is 1. The molecule has 1 nitrogen and oxygen atoms in total. The molecule has 0 N–H and O–H groups in total. The summed E-state index contributed by atoms with van der Waals surface area (Å²) in [5, 5.41) is 1.80. The number of pyridine rings is 1. The Morgan fingerprint density at radius 3 is 2.85 bits per heavy atom. The van der Waals surface area contributed by atoms with Gasteiger partial charge in [0.1, 0.15) is 11.0 Å². The van der Waals surface area contributed by atoms with Crippen LogP contribution in [0.2, 0.25) is 5.15 Å². The molecule has 0 amide bonds. The fourth-order valence-electron chi connectivity index (χ4n) is 1.15. The topological polar surface area (TPSA) is 12.9 Å². The standard InChI is InChI=1S/C9H4BrClFN/c10-8-4-13-9(11)7-3-5(12)1-2-6(7)8/h1-4H. The van der Waals surface area contributed by atoms with E-state index in [1.165, 1.54) is 12.1 Å². The number of nitrogens with zero attached hydrogens (tertiary/aromatic N) is 1. The highest BCUT2D eigenvalue weighted by atomic mass is 79.9. The van der Waals surface area contributed by atoms with Gasteiger partial charge in [-0.3, -0.25) is 0 Å². The summed E-state index contributed by atoms with van der Waals surface area (Å²) in [7, 11) is 0. The zero-order valence-corrected chi connectivity index (χ0v) is 8.73. The predicted molar refractivity (Wildman–Crippen MR) is 54.4 cm³/mol. The summed E-state index contributed by atoms with van der Waals surface area (Å²) in [5.74, 6) is -0.311. The third-order valence-electron chi connectivity index (χ3n) is 1.75. The first-order valence-corrected chi connectivity index (χ1v) is 4.75. The van der Waals surface area contributed by atoms with Gasteiger partial charge in [0.15, 0.2) is 0 Å². The summed E-state index contributed by atoms with van der Waals surface area (Å²) in [4.78, 5) is 3.90. The maximum Gasteiger partial charge on any atom is 0.137 e. The van der Waals surface area contributed by atoms with Gasteiger partial charge in [-0.05, 0) is 28.1 Å². The van der Waals surface area contributed by atoms with E-state index in [0.717, 1.165) is 9.86 Å². The van der Waals surface area contributed by atoms with Gasteiger partial charge in [0, 0.05) is 21.4 Å². The predicted octanol–water partition coefficient (Wildman–Crippen LogP) is 3.79. The van der Waals surface area contributed by atoms with Gasteiger partial charge in [-0.1, -0.05) is 17.7 Å². The van der Waals surface area contributed by atoms with Crippen molar-refractivity contribution in [1.29, 1.82) is 0 Å². The van der Waals surface area contributed by atoms with Crippen LogP contribution in [0.15, 0.2) is 28.9 Å². The molecule has 66 valence electrons. The Labute approximate surface area is 87.7 Å². The molecule has 0 spiro atoms. The fraction of sp³-hybridized carbons (Fsp3) is 0. The molecular formula is C9H4BrClFN. The summed E-state index contributed by atoms with van der Waals surface area (Å²) in [5.41, 5.74) is 0. The van der Waals surface area contributed by atoms with E-state index in [1.807, 2.05) is 0 Å². The summed E-state index contributed by atoms with van der Waals surface area (Å²) in [6, 6.07) is 4.43. The van der Waals surface area contributed by atoms with Crippen molar-refractivity contribution in [1.82, 2.24) is 4.98 Å². The lowest BCUT2D eigenvalue weighted by molar-refractivity contribution is 0.629. The van der Waals surface area contributed by atoms with Crippen LogP contribution in [-0.2, 0) is 0 Å². The van der Waals surface area contributed by atoms with Gasteiger partial charge in [-0.2, -0.15) is 0 Å². The zero-order chi connectivity index (χ0) is 9.42. The molecule has 0 bridgehead atoms. The first kappa shape index (κ1) is 8.91. The van der Waals surface area contributed by atoms with Crippen molar-refractivity contribution in [2.45, 2.75) is 0 Å². The van der Waals surface area contributed by atoms with Crippen LogP contribution in [0.3, 0.4) is 0 Å². The minimum atomic E-state index is -0.311. The molecular weight excluding hydrogens is 256 g/mol. The second kappa shape index (κ2) is 3.24. The molecule has 0 saturated carbocycles. The molecule has 0 saturated heterocycles. The zero-order valence-electron chi connectivity index (χ0n) is 6.39. The van der Waals surface area contributed by atoms with Gasteiger partial charge in [0.25, 0.3) is 0 Å². The number of benzene rings is 1. The Morgan fingerprint density at radius 2 is 2.08 bits per heavy atom. The number of rotatable bonds is 0. The molecule has 0 aliphatic rings. The first-order chi connectivity index (χ1) is 6.18. The molecule has 0 radical (unpaired) electrons. The van der Waals surface area contributed by atoms with Crippen LogP contribution in [-0.4, -0.2) is 4.98 Å². The molecule has 2 rings (SSSR count). The van der Waals surface area contributed by atoms with Gasteiger partial charge in [-0.15, -0.1) is 0 Å². The Balaban J connectivity index is 2.92. The Kier molecular flexibility index (Phi) is 2.22. The lowest BCUT2D eigenvalue weighted by atomic mass is 10.2. The summed E-state index contributed by atoms with van der Waals surface area (Å²) in [6.45, 7) is 0. The van der Waals surface area contributed by atoms with Crippen LogP contribution >= 0.6 is 27.5 Å². The monoisotopic (exact) mass is 259 g/mol. The Bertz CT molecular complexity index is 472. The molecule has 0 fully saturated rings. The number of halogens is 3. The third kappa shape index (κ3) is 1.54. The Hall–Kier alpha value is -0.670. The van der Waals surface area contributed by atoms with E-state index in [9.17, 15) is 4.39 Å². The van der Waals surface area contributed by atoms with Crippen molar-refractivity contribution in [2.24, 2.45) is 0 Å². The quantitative estimate of drug-likeness (QED) is 0.657. The molecule has 2 aromatic rings. The van der Waals surface area contributed by atoms with E-state index in [4.69, 9.17) is 11.6 Å². The second-order valence-corrected chi connectivity index (χ2v) is 3.80. The Morgan fingerprint density at radius 1 is 1.31 bits per heavy atom. The lowest BCUT2D eigenvalue weighted by Crippen LogP contribution is -1.82. The largest absolute Gasteiger partial charge is 0.243 e. The van der Waals surface area contributed by atoms with E-state index in [0.29, 0.717) is 10.5 Å². The van der Waals surface area contributed by atoms with Crippen molar-refractivity contribution in [3.05, 3.63) is 39.8 Å². The van der Waals surface area contributed by atoms with Crippen molar-refractivity contribution in [3.8, 4) is 0 Å². The average Bonchev–Trinajstić information content (AvgIpc) is 2.12. The first-order valence-electron chi connectivity index (χ1n) is 3.58. The van der Waals surface area contributed by atoms with E-state index in [1.54, 1.807) is 12.3 Å². The number of aromatic nitrogens is 1. The highest BCUT2D eigenvalue weighted by Gasteiger charge is 2.04. The van der Waals surface area contributed by atoms with Gasteiger partial charge in [0.2, 0.25) is 0 Å². The van der Waals surface area contributed by atoms with Crippen LogP contribution in [0.25, 0.3) is 10.8 Å². The molecule has 0 atom stereocenters. The number of fused-ring (bicyclic) bond motifs is 1. The van der Waals surface area contributed by atoms with Gasteiger partial charge in [-0.25, -0.2) is 9.37 Å². The van der Waals surface area contributed by atoms with Crippen molar-refractivity contribution < 1.29 is 4.39 Å². The minimum absolute atomic E-state index is 0.311. The SMILES string of the molecule is Fc1ccc2c(Br)cnc(Cl)c2c1. The average molecular weight is 260 g/mol. The van der Waals surface area contributed by atoms with Crippen LogP contribution in [0.5, 0.6) is 0 Å². The summed E-state index contributed by atoms with van der Waals surface area (Å²) in [6.07, 6.45) is 1.60. The molecule has 1 aromatic carbocycles. The third-order valence-corrected chi connectivity index (χ3v) is 2.69. The summed E-state index contributed by atoms with van der Waals surface area (Å²) >= 11 is 9.11. The number of hydrogen-bond donors (Lipinski definition) is 0. The van der Waals surface area contributed by atoms with Crippen LogP contribution in [0.4, 0.5) is 4.39 Å². The van der Waals surface area contributed by atoms with Gasteiger partial charge < -0.3 is 0 Å². The lowest BCUT2D eigenvalue weighted by Gasteiger charge is -2.01. The molecule has 0 aliphatic heterocycles. The normalized spacial score (nSPS) is 10.7. The van der Waals surface area contributed by atoms with Gasteiger partial charge in [0.05, 0.1) is 0 Å². The fourth-order valence-corrected chi connectivity index (χ4v) is 1.80. The molecule has 4 heteroatoms. The van der Waals surface area contributed by atoms with Crippen LogP contribution in [0, 0.1) is 5.82 Å². The second-order valence-electron chi connectivity index (χ2n) is 2.59. The molecule has 1 aromatic heterocycles. The smallest absolute Gasteiger partial charge is 0.137 e. The van der Waals surface area contributed by atoms with Crippen LogP contribution < -0.4 is 0 Å². The molecule has 0 unspecified atom stereocenters. The molecule has 0 aliphatic carbocycles. The highest BCUT2D eigenvalue weighted by Crippen LogP contribution is 2.28. The van der Waals surface area contributed by atoms with E-state index < -0.39 is 0 Å². The summed E-state index contributed by atoms with van der Waals surface area (Å²) < 4.78 is 13.7. The maximum absolute atomic E-state index is 12.8. The van der Waals surface area contributed by atoms with E-state index >= 15 is 0 Å². The van der Waals surface area contributed by atoms with Crippen molar-refractivity contribution in [3.63, 3.8) is 0 Å². The molecule has 1 heterocycles. The van der Waals surface area contributed by atoms with Crippen molar-refractivity contribution in [2.75, 3.05) is 0 Å². The van der Waals surface area contributed by atoms with Crippen molar-refractivity contribution >= 4 is 38.3 Å². The van der Waals surface area contributed by atoms with E-state index in [2.05, 4.69) is 20.9 Å². The van der Waals surface area contributed by atoms with Gasteiger partial charge >= 0.3 is 0 Å². The van der Waals surface area contributed by atoms with E-state index in [-0.39, 0.29) is 5.82 Å². The minimum Gasteiger partial charge on any atom is -0.243 e. The highest BCUT2D eigenvalue weighted by molar-refractivity contribution is 9.10. The maximum atomic E-state index is 12.8. The van der Waals surface area contributed by atoms with Crippen LogP contribution in [0.1, 0.15) is 0 Å².